The van der Waals surface area contributed by atoms with E-state index in [1.54, 1.807) is 73.1 Å². The van der Waals surface area contributed by atoms with E-state index in [0.717, 1.165) is 6.33 Å². The van der Waals surface area contributed by atoms with Crippen LogP contribution in [-0.2, 0) is 19.1 Å². The minimum atomic E-state index is -4.59. The molecule has 2 aromatic carbocycles. The maximum atomic E-state index is 13.3. The maximum absolute atomic E-state index is 13.3. The second kappa shape index (κ2) is 8.73. The number of nitrogens with one attached hydrogen (secondary N) is 1. The van der Waals surface area contributed by atoms with Crippen LogP contribution in [0.3, 0.4) is 0 Å². The van der Waals surface area contributed by atoms with Crippen molar-refractivity contribution in [3.8, 4) is 22.4 Å². The van der Waals surface area contributed by atoms with Crippen molar-refractivity contribution in [2.75, 3.05) is 0 Å². The SMILES string of the molecule is Cn1c(-c2ccc(C3(NC(=O)O)CC(C)(O)C3)cc2)c(-c2ccccc2)c2c(=O)n(CC(F)(F)F)cnc21. The Bertz CT molecular complexity index is 1580. The molecule has 0 atom stereocenters. The monoisotopic (exact) mass is 526 g/mol. The average molecular weight is 527 g/mol. The van der Waals surface area contributed by atoms with E-state index in [9.17, 15) is 33.0 Å². The lowest BCUT2D eigenvalue weighted by Crippen LogP contribution is -2.61. The molecule has 1 aliphatic carbocycles. The predicted molar refractivity (Wildman–Crippen MR) is 135 cm³/mol. The molecule has 0 spiro atoms. The Balaban J connectivity index is 1.69. The highest BCUT2D eigenvalue weighted by atomic mass is 19.4. The quantitative estimate of drug-likeness (QED) is 0.351. The number of aryl methyl sites for hydroxylation is 1. The van der Waals surface area contributed by atoms with Gasteiger partial charge in [-0.05, 0) is 23.6 Å². The Morgan fingerprint density at radius 2 is 1.71 bits per heavy atom. The molecule has 0 radical (unpaired) electrons. The molecule has 1 aliphatic rings. The molecule has 198 valence electrons. The number of aliphatic hydroxyl groups is 1. The van der Waals surface area contributed by atoms with Gasteiger partial charge in [0, 0.05) is 25.5 Å². The van der Waals surface area contributed by atoms with E-state index in [0.29, 0.717) is 32.5 Å². The van der Waals surface area contributed by atoms with Gasteiger partial charge >= 0.3 is 12.3 Å². The Labute approximate surface area is 215 Å². The van der Waals surface area contributed by atoms with Crippen LogP contribution in [0.4, 0.5) is 18.0 Å². The number of carboxylic acid groups (broad SMARTS) is 1. The summed E-state index contributed by atoms with van der Waals surface area (Å²) in [6.07, 6.45) is -4.48. The van der Waals surface area contributed by atoms with Gasteiger partial charge in [-0.15, -0.1) is 0 Å². The number of aromatic nitrogens is 3. The third-order valence-corrected chi connectivity index (χ3v) is 6.99. The molecule has 3 N–H and O–H groups in total. The molecule has 5 rings (SSSR count). The number of alkyl halides is 3. The van der Waals surface area contributed by atoms with Crippen molar-refractivity contribution in [1.29, 1.82) is 0 Å². The average Bonchev–Trinajstić information content (AvgIpc) is 3.12. The van der Waals surface area contributed by atoms with Crippen LogP contribution in [0.5, 0.6) is 0 Å². The first kappa shape index (κ1) is 25.5. The number of hydrogen-bond acceptors (Lipinski definition) is 4. The van der Waals surface area contributed by atoms with Gasteiger partial charge in [0.15, 0.2) is 0 Å². The van der Waals surface area contributed by atoms with Crippen molar-refractivity contribution in [2.24, 2.45) is 7.05 Å². The Kier molecular flexibility index (Phi) is 5.86. The summed E-state index contributed by atoms with van der Waals surface area (Å²) in [7, 11) is 1.69. The fourth-order valence-corrected chi connectivity index (χ4v) is 5.64. The molecule has 38 heavy (non-hydrogen) atoms. The Morgan fingerprint density at radius 3 is 2.26 bits per heavy atom. The second-order valence-electron chi connectivity index (χ2n) is 10.1. The van der Waals surface area contributed by atoms with Crippen LogP contribution in [-0.4, -0.2) is 42.2 Å². The van der Waals surface area contributed by atoms with E-state index in [-0.39, 0.29) is 23.9 Å². The zero-order valence-electron chi connectivity index (χ0n) is 20.6. The lowest BCUT2D eigenvalue weighted by atomic mass is 9.62. The van der Waals surface area contributed by atoms with Gasteiger partial charge in [0.2, 0.25) is 0 Å². The standard InChI is InChI=1S/C27H25F3N4O4/c1-25(38)12-26(13-25,32-24(36)37)18-10-8-17(9-11-18)21-19(16-6-4-3-5-7-16)20-22(33(21)2)31-15-34(23(20)35)14-27(28,29)30/h3-11,15,32,38H,12-14H2,1-2H3,(H,36,37). The van der Waals surface area contributed by atoms with Gasteiger partial charge < -0.3 is 20.1 Å². The maximum Gasteiger partial charge on any atom is 0.406 e. The molecule has 0 saturated heterocycles. The fraction of sp³-hybridized carbons (Fsp3) is 0.296. The third-order valence-electron chi connectivity index (χ3n) is 6.99. The van der Waals surface area contributed by atoms with E-state index in [2.05, 4.69) is 10.3 Å². The highest BCUT2D eigenvalue weighted by Gasteiger charge is 2.53. The summed E-state index contributed by atoms with van der Waals surface area (Å²) < 4.78 is 41.7. The summed E-state index contributed by atoms with van der Waals surface area (Å²) in [5.41, 5.74) is 0.493. The third kappa shape index (κ3) is 4.43. The molecule has 0 bridgehead atoms. The van der Waals surface area contributed by atoms with Gasteiger partial charge in [-0.25, -0.2) is 9.78 Å². The van der Waals surface area contributed by atoms with Crippen LogP contribution in [0.1, 0.15) is 25.3 Å². The largest absolute Gasteiger partial charge is 0.465 e. The first-order valence-electron chi connectivity index (χ1n) is 11.8. The van der Waals surface area contributed by atoms with E-state index < -0.39 is 35.5 Å². The molecule has 11 heteroatoms. The van der Waals surface area contributed by atoms with Gasteiger partial charge in [0.25, 0.3) is 5.56 Å². The highest BCUT2D eigenvalue weighted by molar-refractivity contribution is 6.02. The zero-order chi connectivity index (χ0) is 27.5. The summed E-state index contributed by atoms with van der Waals surface area (Å²) >= 11 is 0. The molecule has 4 aromatic rings. The Morgan fingerprint density at radius 1 is 1.08 bits per heavy atom. The number of hydrogen-bond donors (Lipinski definition) is 3. The number of benzene rings is 2. The summed E-state index contributed by atoms with van der Waals surface area (Å²) in [5, 5.41) is 22.3. The molecule has 1 saturated carbocycles. The minimum Gasteiger partial charge on any atom is -0.465 e. The number of carbonyl (C=O) groups is 1. The first-order chi connectivity index (χ1) is 17.8. The normalized spacial score (nSPS) is 21.3. The molecule has 1 amide bonds. The van der Waals surface area contributed by atoms with Crippen LogP contribution < -0.4 is 10.9 Å². The molecule has 2 heterocycles. The lowest BCUT2D eigenvalue weighted by molar-refractivity contribution is -0.141. The van der Waals surface area contributed by atoms with Crippen molar-refractivity contribution in [3.63, 3.8) is 0 Å². The van der Waals surface area contributed by atoms with Gasteiger partial charge in [-0.2, -0.15) is 13.2 Å². The topological polar surface area (TPSA) is 109 Å². The van der Waals surface area contributed by atoms with Crippen molar-refractivity contribution in [2.45, 2.75) is 43.6 Å². The molecular formula is C27H25F3N4O4. The molecule has 1 fully saturated rings. The number of fused-ring (bicyclic) bond motifs is 1. The van der Waals surface area contributed by atoms with Crippen LogP contribution in [0.2, 0.25) is 0 Å². The molecule has 8 nitrogen and oxygen atoms in total. The summed E-state index contributed by atoms with van der Waals surface area (Å²) in [4.78, 5) is 29.0. The number of nitrogens with zero attached hydrogens (tertiary/aromatic N) is 3. The van der Waals surface area contributed by atoms with Crippen LogP contribution in [0.15, 0.2) is 65.7 Å². The van der Waals surface area contributed by atoms with E-state index in [4.69, 9.17) is 0 Å². The predicted octanol–water partition coefficient (Wildman–Crippen LogP) is 4.64. The zero-order valence-corrected chi connectivity index (χ0v) is 20.6. The Hall–Kier alpha value is -4.12. The molecule has 0 aliphatic heterocycles. The fourth-order valence-electron chi connectivity index (χ4n) is 5.64. The summed E-state index contributed by atoms with van der Waals surface area (Å²) in [6.45, 7) is 0.188. The van der Waals surface area contributed by atoms with Gasteiger partial charge in [0.05, 0.1) is 22.2 Å². The first-order valence-corrected chi connectivity index (χ1v) is 11.8. The van der Waals surface area contributed by atoms with E-state index >= 15 is 0 Å². The van der Waals surface area contributed by atoms with Crippen molar-refractivity contribution in [3.05, 3.63) is 76.8 Å². The number of amides is 1. The second-order valence-corrected chi connectivity index (χ2v) is 10.1. The van der Waals surface area contributed by atoms with Crippen LogP contribution >= 0.6 is 0 Å². The summed E-state index contributed by atoms with van der Waals surface area (Å²) in [6, 6.07) is 15.9. The van der Waals surface area contributed by atoms with Gasteiger partial charge in [-0.1, -0.05) is 54.6 Å². The number of rotatable bonds is 5. The van der Waals surface area contributed by atoms with E-state index in [1.807, 2.05) is 0 Å². The molecule has 0 unspecified atom stereocenters. The summed E-state index contributed by atoms with van der Waals surface area (Å²) in [5.74, 6) is 0. The van der Waals surface area contributed by atoms with Crippen molar-refractivity contribution in [1.82, 2.24) is 19.4 Å². The smallest absolute Gasteiger partial charge is 0.406 e. The highest BCUT2D eigenvalue weighted by Crippen LogP contribution is 2.48. The van der Waals surface area contributed by atoms with Gasteiger partial charge in [0.1, 0.15) is 18.5 Å². The minimum absolute atomic E-state index is 0.0728. The van der Waals surface area contributed by atoms with Crippen LogP contribution in [0, 0.1) is 0 Å². The van der Waals surface area contributed by atoms with Gasteiger partial charge in [-0.3, -0.25) is 9.36 Å². The molecule has 2 aromatic heterocycles. The van der Waals surface area contributed by atoms with E-state index in [1.165, 1.54) is 0 Å². The molecular weight excluding hydrogens is 501 g/mol. The van der Waals surface area contributed by atoms with Crippen molar-refractivity contribution < 1.29 is 28.2 Å². The van der Waals surface area contributed by atoms with Crippen LogP contribution in [0.25, 0.3) is 33.4 Å². The van der Waals surface area contributed by atoms with Crippen molar-refractivity contribution >= 4 is 17.1 Å². The number of halogens is 3. The lowest BCUT2D eigenvalue weighted by Gasteiger charge is -2.51.